The Bertz CT molecular complexity index is 266. The van der Waals surface area contributed by atoms with Crippen LogP contribution in [0.25, 0.3) is 0 Å². The molecule has 0 bridgehead atoms. The van der Waals surface area contributed by atoms with Gasteiger partial charge < -0.3 is 9.64 Å². The third-order valence-electron chi connectivity index (χ3n) is 2.51. The maximum atomic E-state index is 5.64. The van der Waals surface area contributed by atoms with E-state index in [4.69, 9.17) is 4.74 Å². The van der Waals surface area contributed by atoms with Gasteiger partial charge in [-0.3, -0.25) is 0 Å². The molecule has 0 N–H and O–H groups in total. The summed E-state index contributed by atoms with van der Waals surface area (Å²) in [5, 5.41) is 1.03. The quantitative estimate of drug-likeness (QED) is 0.538. The van der Waals surface area contributed by atoms with Gasteiger partial charge in [0.1, 0.15) is 0 Å². The number of hydrogen-bond acceptors (Lipinski definition) is 2. The largest absolute Gasteiger partial charge is 0.375 e. The highest BCUT2D eigenvalue weighted by molar-refractivity contribution is 9.09. The molecule has 0 aromatic heterocycles. The summed E-state index contributed by atoms with van der Waals surface area (Å²) in [6, 6.07) is 10.3. The lowest BCUT2D eigenvalue weighted by molar-refractivity contribution is 0.0960. The van der Waals surface area contributed by atoms with Crippen LogP contribution in [0.3, 0.4) is 0 Å². The van der Waals surface area contributed by atoms with Crippen molar-refractivity contribution in [1.82, 2.24) is 4.90 Å². The zero-order valence-corrected chi connectivity index (χ0v) is 11.4. The van der Waals surface area contributed by atoms with E-state index in [0.717, 1.165) is 31.6 Å². The SMILES string of the molecule is CCN(CCBr)CCOCc1ccccc1. The monoisotopic (exact) mass is 285 g/mol. The van der Waals surface area contributed by atoms with Gasteiger partial charge in [-0.25, -0.2) is 0 Å². The number of hydrogen-bond donors (Lipinski definition) is 0. The Hall–Kier alpha value is -0.380. The van der Waals surface area contributed by atoms with Crippen LogP contribution < -0.4 is 0 Å². The predicted molar refractivity (Wildman–Crippen MR) is 72.0 cm³/mol. The number of alkyl halides is 1. The van der Waals surface area contributed by atoms with Crippen molar-refractivity contribution >= 4 is 15.9 Å². The first-order chi connectivity index (χ1) is 7.86. The fourth-order valence-electron chi connectivity index (χ4n) is 1.51. The molecule has 1 aromatic rings. The molecule has 0 unspecified atom stereocenters. The Kier molecular flexibility index (Phi) is 7.47. The molecule has 0 spiro atoms. The molecule has 0 amide bonds. The molecule has 0 aliphatic heterocycles. The van der Waals surface area contributed by atoms with Crippen LogP contribution in [0.15, 0.2) is 30.3 Å². The van der Waals surface area contributed by atoms with E-state index in [0.29, 0.717) is 6.61 Å². The predicted octanol–water partition coefficient (Wildman–Crippen LogP) is 2.92. The number of benzene rings is 1. The summed E-state index contributed by atoms with van der Waals surface area (Å²) in [7, 11) is 0. The molecule has 3 heteroatoms. The number of halogens is 1. The van der Waals surface area contributed by atoms with Crippen LogP contribution in [0.4, 0.5) is 0 Å². The summed E-state index contributed by atoms with van der Waals surface area (Å²) < 4.78 is 5.64. The molecule has 90 valence electrons. The Morgan fingerprint density at radius 3 is 2.56 bits per heavy atom. The van der Waals surface area contributed by atoms with Gasteiger partial charge in [-0.15, -0.1) is 0 Å². The Morgan fingerprint density at radius 1 is 1.19 bits per heavy atom. The second-order valence-corrected chi connectivity index (χ2v) is 4.45. The molecule has 0 radical (unpaired) electrons. The first kappa shape index (κ1) is 13.7. The number of rotatable bonds is 8. The standard InChI is InChI=1S/C13H20BrNO/c1-2-15(9-8-14)10-11-16-12-13-6-4-3-5-7-13/h3-7H,2,8-12H2,1H3. The van der Waals surface area contributed by atoms with E-state index in [-0.39, 0.29) is 0 Å². The topological polar surface area (TPSA) is 12.5 Å². The van der Waals surface area contributed by atoms with Crippen LogP contribution in [0.2, 0.25) is 0 Å². The summed E-state index contributed by atoms with van der Waals surface area (Å²) >= 11 is 3.45. The summed E-state index contributed by atoms with van der Waals surface area (Å²) in [6.07, 6.45) is 0. The number of likely N-dealkylation sites (N-methyl/N-ethyl adjacent to an activating group) is 1. The van der Waals surface area contributed by atoms with Gasteiger partial charge >= 0.3 is 0 Å². The van der Waals surface area contributed by atoms with E-state index in [1.54, 1.807) is 0 Å². The van der Waals surface area contributed by atoms with Crippen LogP contribution in [0, 0.1) is 0 Å². The van der Waals surface area contributed by atoms with Gasteiger partial charge in [-0.05, 0) is 12.1 Å². The van der Waals surface area contributed by atoms with Crippen molar-refractivity contribution < 1.29 is 4.74 Å². The average Bonchev–Trinajstić information content (AvgIpc) is 2.34. The third-order valence-corrected chi connectivity index (χ3v) is 2.87. The Balaban J connectivity index is 2.11. The van der Waals surface area contributed by atoms with E-state index in [1.807, 2.05) is 18.2 Å². The minimum absolute atomic E-state index is 0.715. The van der Waals surface area contributed by atoms with Crippen LogP contribution in [-0.2, 0) is 11.3 Å². The average molecular weight is 286 g/mol. The Labute approximate surface area is 107 Å². The van der Waals surface area contributed by atoms with E-state index in [9.17, 15) is 0 Å². The fourth-order valence-corrected chi connectivity index (χ4v) is 2.01. The zero-order valence-electron chi connectivity index (χ0n) is 9.86. The number of nitrogens with zero attached hydrogens (tertiary/aromatic N) is 1. The maximum Gasteiger partial charge on any atom is 0.0717 e. The zero-order chi connectivity index (χ0) is 11.6. The normalized spacial score (nSPS) is 10.9. The first-order valence-electron chi connectivity index (χ1n) is 5.76. The summed E-state index contributed by atoms with van der Waals surface area (Å²) in [5.41, 5.74) is 1.24. The minimum Gasteiger partial charge on any atom is -0.375 e. The third kappa shape index (κ3) is 5.64. The van der Waals surface area contributed by atoms with Gasteiger partial charge in [0.15, 0.2) is 0 Å². The van der Waals surface area contributed by atoms with Crippen LogP contribution in [0.1, 0.15) is 12.5 Å². The van der Waals surface area contributed by atoms with Gasteiger partial charge in [-0.1, -0.05) is 53.2 Å². The van der Waals surface area contributed by atoms with E-state index >= 15 is 0 Å². The van der Waals surface area contributed by atoms with Crippen molar-refractivity contribution in [3.05, 3.63) is 35.9 Å². The summed E-state index contributed by atoms with van der Waals surface area (Å²) in [4.78, 5) is 2.37. The lowest BCUT2D eigenvalue weighted by atomic mass is 10.2. The van der Waals surface area contributed by atoms with Crippen molar-refractivity contribution in [3.63, 3.8) is 0 Å². The molecule has 0 aliphatic carbocycles. The minimum atomic E-state index is 0.715. The second kappa shape index (κ2) is 8.74. The summed E-state index contributed by atoms with van der Waals surface area (Å²) in [5.74, 6) is 0. The first-order valence-corrected chi connectivity index (χ1v) is 6.89. The summed E-state index contributed by atoms with van der Waals surface area (Å²) in [6.45, 7) is 6.88. The number of ether oxygens (including phenoxy) is 1. The highest BCUT2D eigenvalue weighted by Crippen LogP contribution is 2.00. The molecular formula is C13H20BrNO. The van der Waals surface area contributed by atoms with Gasteiger partial charge in [0.25, 0.3) is 0 Å². The van der Waals surface area contributed by atoms with Crippen molar-refractivity contribution in [1.29, 1.82) is 0 Å². The van der Waals surface area contributed by atoms with E-state index in [1.165, 1.54) is 5.56 Å². The van der Waals surface area contributed by atoms with Gasteiger partial charge in [0.05, 0.1) is 13.2 Å². The molecule has 1 aromatic carbocycles. The second-order valence-electron chi connectivity index (χ2n) is 3.66. The highest BCUT2D eigenvalue weighted by Gasteiger charge is 2.00. The molecule has 1 rings (SSSR count). The van der Waals surface area contributed by atoms with Crippen molar-refractivity contribution in [3.8, 4) is 0 Å². The molecule has 0 atom stereocenters. The fraction of sp³-hybridized carbons (Fsp3) is 0.538. The molecule has 0 saturated carbocycles. The van der Waals surface area contributed by atoms with Crippen LogP contribution >= 0.6 is 15.9 Å². The molecule has 0 saturated heterocycles. The Morgan fingerprint density at radius 2 is 1.94 bits per heavy atom. The highest BCUT2D eigenvalue weighted by atomic mass is 79.9. The van der Waals surface area contributed by atoms with Gasteiger partial charge in [0, 0.05) is 18.4 Å². The van der Waals surface area contributed by atoms with Gasteiger partial charge in [0.2, 0.25) is 0 Å². The van der Waals surface area contributed by atoms with E-state index < -0.39 is 0 Å². The smallest absolute Gasteiger partial charge is 0.0717 e. The maximum absolute atomic E-state index is 5.64. The van der Waals surface area contributed by atoms with Crippen molar-refractivity contribution in [2.75, 3.05) is 31.6 Å². The molecule has 0 heterocycles. The van der Waals surface area contributed by atoms with Gasteiger partial charge in [-0.2, -0.15) is 0 Å². The van der Waals surface area contributed by atoms with Crippen LogP contribution in [0.5, 0.6) is 0 Å². The molecular weight excluding hydrogens is 266 g/mol. The lowest BCUT2D eigenvalue weighted by Crippen LogP contribution is -2.29. The van der Waals surface area contributed by atoms with Crippen LogP contribution in [-0.4, -0.2) is 36.5 Å². The molecule has 2 nitrogen and oxygen atoms in total. The molecule has 16 heavy (non-hydrogen) atoms. The van der Waals surface area contributed by atoms with Crippen molar-refractivity contribution in [2.24, 2.45) is 0 Å². The molecule has 0 fully saturated rings. The van der Waals surface area contributed by atoms with E-state index in [2.05, 4.69) is 39.9 Å². The lowest BCUT2D eigenvalue weighted by Gasteiger charge is -2.18. The molecule has 0 aliphatic rings. The van der Waals surface area contributed by atoms with Crippen molar-refractivity contribution in [2.45, 2.75) is 13.5 Å².